The number of hydrogen-bond acceptors (Lipinski definition) is 2. The van der Waals surface area contributed by atoms with Gasteiger partial charge in [0, 0.05) is 10.5 Å². The summed E-state index contributed by atoms with van der Waals surface area (Å²) in [5.74, 6) is 0. The summed E-state index contributed by atoms with van der Waals surface area (Å²) in [6.07, 6.45) is 1.01. The first-order valence-electron chi connectivity index (χ1n) is 4.84. The molecule has 0 saturated carbocycles. The predicted molar refractivity (Wildman–Crippen MR) is 60.6 cm³/mol. The third kappa shape index (κ3) is 3.47. The maximum atomic E-state index is 12.7. The summed E-state index contributed by atoms with van der Waals surface area (Å²) >= 11 is 1.35. The molecule has 84 valence electrons. The van der Waals surface area contributed by atoms with Crippen molar-refractivity contribution >= 4 is 11.8 Å². The Morgan fingerprint density at radius 3 is 2.67 bits per heavy atom. The molecule has 1 aromatic rings. The number of benzene rings is 1. The molecule has 0 aromatic heterocycles. The van der Waals surface area contributed by atoms with Gasteiger partial charge in [0.05, 0.1) is 0 Å². The number of rotatable bonds is 5. The quantitative estimate of drug-likeness (QED) is 0.787. The largest absolute Gasteiger partial charge is 0.330 e. The molecule has 0 unspecified atom stereocenters. The van der Waals surface area contributed by atoms with Gasteiger partial charge in [-0.25, -0.2) is 8.78 Å². The Balaban J connectivity index is 2.89. The lowest BCUT2D eigenvalue weighted by Crippen LogP contribution is -2.01. The van der Waals surface area contributed by atoms with E-state index in [9.17, 15) is 8.78 Å². The monoisotopic (exact) mass is 231 g/mol. The van der Waals surface area contributed by atoms with E-state index < -0.39 is 6.43 Å². The Morgan fingerprint density at radius 1 is 1.40 bits per heavy atom. The van der Waals surface area contributed by atoms with E-state index >= 15 is 0 Å². The summed E-state index contributed by atoms with van der Waals surface area (Å²) in [5, 5.41) is 0. The van der Waals surface area contributed by atoms with Gasteiger partial charge in [0.2, 0.25) is 0 Å². The minimum atomic E-state index is -2.40. The number of halogens is 2. The van der Waals surface area contributed by atoms with Gasteiger partial charge in [-0.15, -0.1) is 11.8 Å². The predicted octanol–water partition coefficient (Wildman–Crippen LogP) is 3.24. The van der Waals surface area contributed by atoms with Crippen LogP contribution in [0.4, 0.5) is 8.78 Å². The van der Waals surface area contributed by atoms with Crippen LogP contribution < -0.4 is 5.73 Å². The van der Waals surface area contributed by atoms with Gasteiger partial charge >= 0.3 is 0 Å². The van der Waals surface area contributed by atoms with E-state index in [1.54, 1.807) is 18.4 Å². The molecule has 4 heteroatoms. The Bertz CT molecular complexity index is 315. The molecular weight excluding hydrogens is 216 g/mol. The van der Waals surface area contributed by atoms with Crippen molar-refractivity contribution in [2.75, 3.05) is 12.8 Å². The average molecular weight is 231 g/mol. The molecule has 15 heavy (non-hydrogen) atoms. The lowest BCUT2D eigenvalue weighted by atomic mass is 10.1. The highest BCUT2D eigenvalue weighted by Crippen LogP contribution is 2.30. The third-order valence-corrected chi connectivity index (χ3v) is 3.01. The van der Waals surface area contributed by atoms with Crippen LogP contribution >= 0.6 is 11.8 Å². The highest BCUT2D eigenvalue weighted by atomic mass is 32.2. The Labute approximate surface area is 93.1 Å². The van der Waals surface area contributed by atoms with E-state index in [4.69, 9.17) is 5.73 Å². The molecule has 0 amide bonds. The van der Waals surface area contributed by atoms with E-state index in [0.29, 0.717) is 11.4 Å². The van der Waals surface area contributed by atoms with Crippen LogP contribution in [-0.4, -0.2) is 12.8 Å². The number of alkyl halides is 2. The van der Waals surface area contributed by atoms with Crippen molar-refractivity contribution in [1.82, 2.24) is 0 Å². The lowest BCUT2D eigenvalue weighted by Gasteiger charge is -2.09. The Morgan fingerprint density at radius 2 is 2.13 bits per heavy atom. The molecule has 1 nitrogen and oxygen atoms in total. The molecule has 1 rings (SSSR count). The van der Waals surface area contributed by atoms with Crippen LogP contribution in [0.25, 0.3) is 0 Å². The lowest BCUT2D eigenvalue weighted by molar-refractivity contribution is 0.148. The summed E-state index contributed by atoms with van der Waals surface area (Å²) in [5.41, 5.74) is 6.45. The van der Waals surface area contributed by atoms with Crippen LogP contribution in [0.1, 0.15) is 24.0 Å². The maximum Gasteiger partial charge on any atom is 0.264 e. The normalized spacial score (nSPS) is 11.0. The Kier molecular flexibility index (Phi) is 5.05. The van der Waals surface area contributed by atoms with Crippen molar-refractivity contribution in [3.8, 4) is 0 Å². The molecule has 0 aliphatic carbocycles. The van der Waals surface area contributed by atoms with Crippen molar-refractivity contribution in [3.05, 3.63) is 29.3 Å². The fourth-order valence-corrected chi connectivity index (χ4v) is 2.00. The van der Waals surface area contributed by atoms with Crippen molar-refractivity contribution in [2.45, 2.75) is 24.2 Å². The molecule has 0 aliphatic rings. The fourth-order valence-electron chi connectivity index (χ4n) is 1.42. The summed E-state index contributed by atoms with van der Waals surface area (Å²) < 4.78 is 25.4. The zero-order chi connectivity index (χ0) is 11.3. The molecule has 0 atom stereocenters. The first kappa shape index (κ1) is 12.5. The standard InChI is InChI=1S/C11H15F2NS/c1-15-10-5-4-8(3-2-6-14)7-9(10)11(12)13/h4-5,7,11H,2-3,6,14H2,1H3. The summed E-state index contributed by atoms with van der Waals surface area (Å²) in [4.78, 5) is 0.654. The zero-order valence-corrected chi connectivity index (χ0v) is 9.49. The smallest absolute Gasteiger partial charge is 0.264 e. The van der Waals surface area contributed by atoms with Crippen molar-refractivity contribution in [3.63, 3.8) is 0 Å². The maximum absolute atomic E-state index is 12.7. The van der Waals surface area contributed by atoms with Crippen LogP contribution in [0.15, 0.2) is 23.1 Å². The molecule has 2 N–H and O–H groups in total. The number of thioether (sulfide) groups is 1. The van der Waals surface area contributed by atoms with Crippen molar-refractivity contribution in [2.24, 2.45) is 5.73 Å². The first-order chi connectivity index (χ1) is 7.19. The van der Waals surface area contributed by atoms with E-state index in [-0.39, 0.29) is 5.56 Å². The van der Waals surface area contributed by atoms with Gasteiger partial charge in [-0.2, -0.15) is 0 Å². The van der Waals surface area contributed by atoms with E-state index in [2.05, 4.69) is 0 Å². The van der Waals surface area contributed by atoms with E-state index in [0.717, 1.165) is 18.4 Å². The number of nitrogens with two attached hydrogens (primary N) is 1. The highest BCUT2D eigenvalue weighted by molar-refractivity contribution is 7.98. The topological polar surface area (TPSA) is 26.0 Å². The minimum absolute atomic E-state index is 0.136. The van der Waals surface area contributed by atoms with Crippen molar-refractivity contribution < 1.29 is 8.78 Å². The summed E-state index contributed by atoms with van der Waals surface area (Å²) in [6, 6.07) is 5.25. The van der Waals surface area contributed by atoms with Gasteiger partial charge in [-0.3, -0.25) is 0 Å². The van der Waals surface area contributed by atoms with Crippen LogP contribution in [0.2, 0.25) is 0 Å². The van der Waals surface area contributed by atoms with Crippen molar-refractivity contribution in [1.29, 1.82) is 0 Å². The second kappa shape index (κ2) is 6.08. The zero-order valence-electron chi connectivity index (χ0n) is 8.67. The first-order valence-corrected chi connectivity index (χ1v) is 6.06. The van der Waals surface area contributed by atoms with Crippen LogP contribution in [0, 0.1) is 0 Å². The van der Waals surface area contributed by atoms with Crippen LogP contribution in [0.3, 0.4) is 0 Å². The molecule has 0 fully saturated rings. The molecule has 0 saturated heterocycles. The Hall–Kier alpha value is -0.610. The minimum Gasteiger partial charge on any atom is -0.330 e. The average Bonchev–Trinajstić information content (AvgIpc) is 2.25. The second-order valence-corrected chi connectivity index (χ2v) is 4.12. The second-order valence-electron chi connectivity index (χ2n) is 3.27. The molecular formula is C11H15F2NS. The highest BCUT2D eigenvalue weighted by Gasteiger charge is 2.12. The van der Waals surface area contributed by atoms with Gasteiger partial charge in [0.15, 0.2) is 0 Å². The number of aryl methyl sites for hydroxylation is 1. The van der Waals surface area contributed by atoms with Gasteiger partial charge in [0.25, 0.3) is 6.43 Å². The van der Waals surface area contributed by atoms with Gasteiger partial charge < -0.3 is 5.73 Å². The molecule has 0 spiro atoms. The van der Waals surface area contributed by atoms with Gasteiger partial charge in [-0.05, 0) is 43.3 Å². The SMILES string of the molecule is CSc1ccc(CCCN)cc1C(F)F. The molecule has 0 bridgehead atoms. The molecule has 0 aliphatic heterocycles. The summed E-state index contributed by atoms with van der Waals surface area (Å²) in [7, 11) is 0. The molecule has 0 radical (unpaired) electrons. The molecule has 0 heterocycles. The van der Waals surface area contributed by atoms with Gasteiger partial charge in [0.1, 0.15) is 0 Å². The molecule has 1 aromatic carbocycles. The number of hydrogen-bond donors (Lipinski definition) is 1. The van der Waals surface area contributed by atoms with Crippen LogP contribution in [0.5, 0.6) is 0 Å². The van der Waals surface area contributed by atoms with E-state index in [1.165, 1.54) is 11.8 Å². The summed E-state index contributed by atoms with van der Waals surface area (Å²) in [6.45, 7) is 0.592. The van der Waals surface area contributed by atoms with Gasteiger partial charge in [-0.1, -0.05) is 6.07 Å². The third-order valence-electron chi connectivity index (χ3n) is 2.20. The van der Waals surface area contributed by atoms with E-state index in [1.807, 2.05) is 6.07 Å². The van der Waals surface area contributed by atoms with Crippen LogP contribution in [-0.2, 0) is 6.42 Å². The fraction of sp³-hybridized carbons (Fsp3) is 0.455.